The third kappa shape index (κ3) is 6.03. The minimum absolute atomic E-state index is 0.0200. The average Bonchev–Trinajstić information content (AvgIpc) is 3.10. The zero-order valence-corrected chi connectivity index (χ0v) is 20.1. The number of hydrogen-bond acceptors (Lipinski definition) is 4. The number of fused-ring (bicyclic) bond motifs is 1. The summed E-state index contributed by atoms with van der Waals surface area (Å²) in [6.45, 7) is 8.44. The number of aromatic nitrogens is 1. The van der Waals surface area contributed by atoms with E-state index in [9.17, 15) is 14.7 Å². The molecule has 0 bridgehead atoms. The Bertz CT molecular complexity index is 978. The molecule has 0 aliphatic heterocycles. The van der Waals surface area contributed by atoms with Crippen molar-refractivity contribution in [1.82, 2.24) is 15.6 Å². The van der Waals surface area contributed by atoms with E-state index in [1.165, 1.54) is 0 Å². The number of nitrogens with one attached hydrogen (secondary N) is 3. The molecular weight excluding hydrogens is 418 g/mol. The van der Waals surface area contributed by atoms with E-state index in [-0.39, 0.29) is 23.8 Å². The first-order chi connectivity index (χ1) is 15.6. The van der Waals surface area contributed by atoms with Crippen LogP contribution in [0, 0.1) is 12.3 Å². The van der Waals surface area contributed by atoms with Gasteiger partial charge in [0.2, 0.25) is 5.91 Å². The van der Waals surface area contributed by atoms with Crippen molar-refractivity contribution >= 4 is 11.8 Å². The van der Waals surface area contributed by atoms with Gasteiger partial charge in [0.25, 0.3) is 5.91 Å². The molecule has 1 heterocycles. The SMILES string of the molecule is CCCCC(NC(=O)c1[nH]c2c(c1C)C(O)CC(C)(C)C2)C(=O)NCc1ccc(CO)cc1. The van der Waals surface area contributed by atoms with Gasteiger partial charge in [-0.15, -0.1) is 0 Å². The van der Waals surface area contributed by atoms with Gasteiger partial charge in [-0.05, 0) is 48.3 Å². The predicted octanol–water partition coefficient (Wildman–Crippen LogP) is 3.43. The van der Waals surface area contributed by atoms with Crippen molar-refractivity contribution in [2.45, 2.75) is 85.1 Å². The van der Waals surface area contributed by atoms with Crippen LogP contribution in [0.1, 0.15) is 91.0 Å². The Hall–Kier alpha value is -2.64. The van der Waals surface area contributed by atoms with Crippen LogP contribution in [0.2, 0.25) is 0 Å². The van der Waals surface area contributed by atoms with Gasteiger partial charge in [-0.1, -0.05) is 57.9 Å². The number of carbonyl (C=O) groups is 2. The predicted molar refractivity (Wildman–Crippen MR) is 128 cm³/mol. The van der Waals surface area contributed by atoms with Gasteiger partial charge in [0, 0.05) is 17.8 Å². The first kappa shape index (κ1) is 25.0. The number of carbonyl (C=O) groups excluding carboxylic acids is 2. The summed E-state index contributed by atoms with van der Waals surface area (Å²) in [6.07, 6.45) is 3.10. The molecule has 180 valence electrons. The molecule has 0 radical (unpaired) electrons. The fraction of sp³-hybridized carbons (Fsp3) is 0.538. The molecule has 33 heavy (non-hydrogen) atoms. The molecule has 5 N–H and O–H groups in total. The molecule has 1 aliphatic carbocycles. The van der Waals surface area contributed by atoms with Crippen LogP contribution in [-0.2, 0) is 24.4 Å². The van der Waals surface area contributed by atoms with Crippen LogP contribution in [-0.4, -0.2) is 33.1 Å². The van der Waals surface area contributed by atoms with Gasteiger partial charge >= 0.3 is 0 Å². The number of hydrogen-bond donors (Lipinski definition) is 5. The molecule has 1 aliphatic rings. The van der Waals surface area contributed by atoms with Crippen LogP contribution in [0.3, 0.4) is 0 Å². The number of amides is 2. The quantitative estimate of drug-likeness (QED) is 0.398. The molecule has 2 amide bonds. The second kappa shape index (κ2) is 10.5. The van der Waals surface area contributed by atoms with Gasteiger partial charge in [-0.2, -0.15) is 0 Å². The maximum Gasteiger partial charge on any atom is 0.268 e. The normalized spacial score (nSPS) is 17.8. The molecule has 0 saturated heterocycles. The Balaban J connectivity index is 1.70. The Labute approximate surface area is 196 Å². The fourth-order valence-electron chi connectivity index (χ4n) is 4.65. The summed E-state index contributed by atoms with van der Waals surface area (Å²) in [6, 6.07) is 6.73. The van der Waals surface area contributed by atoms with E-state index in [0.717, 1.165) is 47.2 Å². The topological polar surface area (TPSA) is 114 Å². The number of H-pyrrole nitrogens is 1. The molecule has 7 heteroatoms. The average molecular weight is 456 g/mol. The van der Waals surface area contributed by atoms with E-state index >= 15 is 0 Å². The Morgan fingerprint density at radius 2 is 1.88 bits per heavy atom. The Morgan fingerprint density at radius 1 is 1.21 bits per heavy atom. The van der Waals surface area contributed by atoms with E-state index in [1.807, 2.05) is 38.1 Å². The maximum atomic E-state index is 13.1. The van der Waals surface area contributed by atoms with E-state index in [0.29, 0.717) is 25.1 Å². The van der Waals surface area contributed by atoms with Crippen LogP contribution in [0.4, 0.5) is 0 Å². The highest BCUT2D eigenvalue weighted by Crippen LogP contribution is 2.42. The van der Waals surface area contributed by atoms with Crippen LogP contribution < -0.4 is 10.6 Å². The second-order valence-electron chi connectivity index (χ2n) is 9.94. The molecule has 1 aromatic carbocycles. The van der Waals surface area contributed by atoms with E-state index in [4.69, 9.17) is 5.11 Å². The fourth-order valence-corrected chi connectivity index (χ4v) is 4.65. The summed E-state index contributed by atoms with van der Waals surface area (Å²) < 4.78 is 0. The lowest BCUT2D eigenvalue weighted by Crippen LogP contribution is -2.46. The van der Waals surface area contributed by atoms with E-state index in [2.05, 4.69) is 29.5 Å². The molecule has 0 spiro atoms. The van der Waals surface area contributed by atoms with E-state index in [1.54, 1.807) is 0 Å². The number of benzene rings is 1. The van der Waals surface area contributed by atoms with Gasteiger partial charge in [-0.3, -0.25) is 9.59 Å². The molecule has 0 fully saturated rings. The molecule has 0 saturated carbocycles. The molecular formula is C26H37N3O4. The number of aromatic amines is 1. The summed E-state index contributed by atoms with van der Waals surface area (Å²) >= 11 is 0. The first-order valence-electron chi connectivity index (χ1n) is 11.8. The Morgan fingerprint density at radius 3 is 2.52 bits per heavy atom. The lowest BCUT2D eigenvalue weighted by molar-refractivity contribution is -0.123. The van der Waals surface area contributed by atoms with Crippen LogP contribution in [0.25, 0.3) is 0 Å². The molecule has 2 unspecified atom stereocenters. The summed E-state index contributed by atoms with van der Waals surface area (Å²) in [7, 11) is 0. The van der Waals surface area contributed by atoms with Gasteiger partial charge < -0.3 is 25.8 Å². The summed E-state index contributed by atoms with van der Waals surface area (Å²) in [5.74, 6) is -0.548. The highest BCUT2D eigenvalue weighted by Gasteiger charge is 2.35. The number of aliphatic hydroxyl groups excluding tert-OH is 2. The Kier molecular flexibility index (Phi) is 7.97. The van der Waals surface area contributed by atoms with Gasteiger partial charge in [-0.25, -0.2) is 0 Å². The summed E-state index contributed by atoms with van der Waals surface area (Å²) in [4.78, 5) is 29.3. The molecule has 2 atom stereocenters. The zero-order valence-electron chi connectivity index (χ0n) is 20.1. The largest absolute Gasteiger partial charge is 0.392 e. The van der Waals surface area contributed by atoms with Gasteiger partial charge in [0.15, 0.2) is 0 Å². The molecule has 1 aromatic heterocycles. The zero-order chi connectivity index (χ0) is 24.2. The molecule has 2 aromatic rings. The van der Waals surface area contributed by atoms with Crippen molar-refractivity contribution in [3.05, 3.63) is 57.9 Å². The minimum Gasteiger partial charge on any atom is -0.392 e. The maximum absolute atomic E-state index is 13.1. The van der Waals surface area contributed by atoms with Crippen molar-refractivity contribution in [2.24, 2.45) is 5.41 Å². The highest BCUT2D eigenvalue weighted by atomic mass is 16.3. The molecule has 7 nitrogen and oxygen atoms in total. The van der Waals surface area contributed by atoms with E-state index < -0.39 is 12.1 Å². The standard InChI is InChI=1S/C26H37N3O4/c1-5-6-7-19(24(32)27-14-17-8-10-18(15-30)11-9-17)29-25(33)23-16(2)22-20(28-23)12-26(3,4)13-21(22)31/h8-11,19,21,28,30-31H,5-7,12-15H2,1-4H3,(H,27,32)(H,29,33). The first-order valence-corrected chi connectivity index (χ1v) is 11.8. The monoisotopic (exact) mass is 455 g/mol. The third-order valence-electron chi connectivity index (χ3n) is 6.48. The number of aliphatic hydroxyl groups is 2. The second-order valence-corrected chi connectivity index (χ2v) is 9.94. The lowest BCUT2D eigenvalue weighted by Gasteiger charge is -2.33. The highest BCUT2D eigenvalue weighted by molar-refractivity contribution is 5.97. The number of unbranched alkanes of at least 4 members (excludes halogenated alkanes) is 1. The van der Waals surface area contributed by atoms with Gasteiger partial charge in [0.1, 0.15) is 11.7 Å². The lowest BCUT2D eigenvalue weighted by atomic mass is 9.75. The van der Waals surface area contributed by atoms with Crippen LogP contribution in [0.15, 0.2) is 24.3 Å². The number of rotatable bonds is 9. The van der Waals surface area contributed by atoms with Crippen molar-refractivity contribution < 1.29 is 19.8 Å². The van der Waals surface area contributed by atoms with Crippen molar-refractivity contribution in [3.8, 4) is 0 Å². The molecule has 3 rings (SSSR count). The summed E-state index contributed by atoms with van der Waals surface area (Å²) in [5.41, 5.74) is 4.59. The van der Waals surface area contributed by atoms with Crippen molar-refractivity contribution in [3.63, 3.8) is 0 Å². The van der Waals surface area contributed by atoms with Crippen LogP contribution >= 0.6 is 0 Å². The third-order valence-corrected chi connectivity index (χ3v) is 6.48. The van der Waals surface area contributed by atoms with Gasteiger partial charge in [0.05, 0.1) is 12.7 Å². The smallest absolute Gasteiger partial charge is 0.268 e. The van der Waals surface area contributed by atoms with Crippen molar-refractivity contribution in [2.75, 3.05) is 0 Å². The summed E-state index contributed by atoms with van der Waals surface area (Å²) in [5, 5.41) is 25.6. The van der Waals surface area contributed by atoms with Crippen molar-refractivity contribution in [1.29, 1.82) is 0 Å². The van der Waals surface area contributed by atoms with Crippen LogP contribution in [0.5, 0.6) is 0 Å². The minimum atomic E-state index is -0.643.